The van der Waals surface area contributed by atoms with Gasteiger partial charge in [-0.2, -0.15) is 0 Å². The predicted molar refractivity (Wildman–Crippen MR) is 73.1 cm³/mol. The minimum atomic E-state index is -1.23. The molecule has 1 aliphatic rings. The summed E-state index contributed by atoms with van der Waals surface area (Å²) in [7, 11) is 0. The maximum absolute atomic E-state index is 13.6. The molecule has 0 bridgehead atoms. The number of nitrogens with zero attached hydrogens (tertiary/aromatic N) is 2. The molecule has 0 unspecified atom stereocenters. The van der Waals surface area contributed by atoms with Crippen molar-refractivity contribution in [3.8, 4) is 5.88 Å². The standard InChI is InChI=1S/C14H12ClFN2O2/c1-8(19)10-5-18-13(20-7-14(16)2-3-14)11-6-17-12(15)4-9(10)11/h4-6H,2-3,7H2,1H3. The minimum Gasteiger partial charge on any atom is -0.474 e. The average molecular weight is 295 g/mol. The van der Waals surface area contributed by atoms with E-state index in [0.29, 0.717) is 29.2 Å². The normalized spacial score (nSPS) is 16.1. The Morgan fingerprint density at radius 1 is 1.40 bits per heavy atom. The second-order valence-corrected chi connectivity index (χ2v) is 5.41. The van der Waals surface area contributed by atoms with Crippen molar-refractivity contribution in [2.75, 3.05) is 6.61 Å². The van der Waals surface area contributed by atoms with Crippen molar-refractivity contribution in [1.82, 2.24) is 9.97 Å². The number of carbonyl (C=O) groups is 1. The molecule has 0 N–H and O–H groups in total. The lowest BCUT2D eigenvalue weighted by Gasteiger charge is -2.11. The number of halogens is 2. The van der Waals surface area contributed by atoms with Gasteiger partial charge in [0.1, 0.15) is 17.4 Å². The number of rotatable bonds is 4. The van der Waals surface area contributed by atoms with Crippen LogP contribution in [-0.4, -0.2) is 28.0 Å². The van der Waals surface area contributed by atoms with Gasteiger partial charge in [0.25, 0.3) is 0 Å². The molecule has 1 aliphatic carbocycles. The molecule has 0 aliphatic heterocycles. The van der Waals surface area contributed by atoms with E-state index in [1.54, 1.807) is 6.07 Å². The number of carbonyl (C=O) groups excluding carboxylic acids is 1. The summed E-state index contributed by atoms with van der Waals surface area (Å²) in [6, 6.07) is 1.59. The lowest BCUT2D eigenvalue weighted by atomic mass is 10.1. The maximum Gasteiger partial charge on any atom is 0.223 e. The highest BCUT2D eigenvalue weighted by molar-refractivity contribution is 6.30. The van der Waals surface area contributed by atoms with E-state index in [1.165, 1.54) is 19.3 Å². The van der Waals surface area contributed by atoms with E-state index in [9.17, 15) is 9.18 Å². The molecule has 20 heavy (non-hydrogen) atoms. The first-order valence-electron chi connectivity index (χ1n) is 6.25. The zero-order valence-corrected chi connectivity index (χ0v) is 11.6. The van der Waals surface area contributed by atoms with Crippen molar-refractivity contribution in [3.63, 3.8) is 0 Å². The first-order chi connectivity index (χ1) is 9.48. The third-order valence-corrected chi connectivity index (χ3v) is 3.55. The number of ether oxygens (including phenoxy) is 1. The Bertz CT molecular complexity index is 701. The topological polar surface area (TPSA) is 52.1 Å². The van der Waals surface area contributed by atoms with Gasteiger partial charge in [0.15, 0.2) is 5.78 Å². The number of ketones is 1. The Morgan fingerprint density at radius 3 is 2.80 bits per heavy atom. The monoisotopic (exact) mass is 294 g/mol. The van der Waals surface area contributed by atoms with Crippen LogP contribution in [0.2, 0.25) is 5.15 Å². The van der Waals surface area contributed by atoms with E-state index < -0.39 is 5.67 Å². The fourth-order valence-electron chi connectivity index (χ4n) is 1.96. The molecule has 4 nitrogen and oxygen atoms in total. The van der Waals surface area contributed by atoms with Gasteiger partial charge in [-0.3, -0.25) is 4.79 Å². The van der Waals surface area contributed by atoms with E-state index in [0.717, 1.165) is 0 Å². The van der Waals surface area contributed by atoms with Gasteiger partial charge in [0.2, 0.25) is 5.88 Å². The third kappa shape index (κ3) is 2.45. The van der Waals surface area contributed by atoms with Crippen molar-refractivity contribution in [2.45, 2.75) is 25.4 Å². The number of fused-ring (bicyclic) bond motifs is 1. The number of Topliss-reactive ketones (excluding diaryl/α,β-unsaturated/α-hetero) is 1. The molecule has 0 atom stereocenters. The Morgan fingerprint density at radius 2 is 2.15 bits per heavy atom. The molecular weight excluding hydrogens is 283 g/mol. The largest absolute Gasteiger partial charge is 0.474 e. The quantitative estimate of drug-likeness (QED) is 0.641. The zero-order chi connectivity index (χ0) is 14.3. The van der Waals surface area contributed by atoms with Gasteiger partial charge >= 0.3 is 0 Å². The van der Waals surface area contributed by atoms with Gasteiger partial charge in [0, 0.05) is 23.3 Å². The van der Waals surface area contributed by atoms with Gasteiger partial charge in [-0.25, -0.2) is 14.4 Å². The summed E-state index contributed by atoms with van der Waals surface area (Å²) in [4.78, 5) is 19.7. The molecule has 104 valence electrons. The smallest absolute Gasteiger partial charge is 0.223 e. The summed E-state index contributed by atoms with van der Waals surface area (Å²) < 4.78 is 19.1. The van der Waals surface area contributed by atoms with Crippen LogP contribution >= 0.6 is 11.6 Å². The summed E-state index contributed by atoms with van der Waals surface area (Å²) >= 11 is 5.86. The van der Waals surface area contributed by atoms with Gasteiger partial charge < -0.3 is 4.74 Å². The van der Waals surface area contributed by atoms with Crippen LogP contribution < -0.4 is 4.74 Å². The lowest BCUT2D eigenvalue weighted by molar-refractivity contribution is 0.101. The fraction of sp³-hybridized carbons (Fsp3) is 0.357. The van der Waals surface area contributed by atoms with Crippen molar-refractivity contribution in [2.24, 2.45) is 0 Å². The molecule has 1 saturated carbocycles. The van der Waals surface area contributed by atoms with E-state index in [4.69, 9.17) is 16.3 Å². The number of alkyl halides is 1. The van der Waals surface area contributed by atoms with E-state index >= 15 is 0 Å². The van der Waals surface area contributed by atoms with Crippen molar-refractivity contribution in [1.29, 1.82) is 0 Å². The van der Waals surface area contributed by atoms with E-state index in [1.807, 2.05) is 0 Å². The zero-order valence-electron chi connectivity index (χ0n) is 10.8. The highest BCUT2D eigenvalue weighted by Crippen LogP contribution is 2.40. The van der Waals surface area contributed by atoms with Gasteiger partial charge in [-0.15, -0.1) is 0 Å². The summed E-state index contributed by atoms with van der Waals surface area (Å²) in [6.45, 7) is 1.42. The lowest BCUT2D eigenvalue weighted by Crippen LogP contribution is -2.14. The molecule has 0 saturated heterocycles. The second kappa shape index (κ2) is 4.66. The Kier molecular flexibility index (Phi) is 3.09. The number of hydrogen-bond acceptors (Lipinski definition) is 4. The Labute approximate surface area is 119 Å². The van der Waals surface area contributed by atoms with Crippen molar-refractivity contribution in [3.05, 3.63) is 29.2 Å². The van der Waals surface area contributed by atoms with E-state index in [-0.39, 0.29) is 23.4 Å². The van der Waals surface area contributed by atoms with Gasteiger partial charge in [-0.05, 0) is 25.8 Å². The SMILES string of the molecule is CC(=O)c1cnc(OCC2(F)CC2)c2cnc(Cl)cc12. The Hall–Kier alpha value is -1.75. The van der Waals surface area contributed by atoms with Crippen LogP contribution in [0.4, 0.5) is 4.39 Å². The third-order valence-electron chi connectivity index (χ3n) is 3.34. The molecule has 6 heteroatoms. The minimum absolute atomic E-state index is 0.0306. The summed E-state index contributed by atoms with van der Waals surface area (Å²) in [6.07, 6.45) is 3.94. The summed E-state index contributed by atoms with van der Waals surface area (Å²) in [5.41, 5.74) is -0.786. The summed E-state index contributed by atoms with van der Waals surface area (Å²) in [5.74, 6) is 0.151. The predicted octanol–water partition coefficient (Wildman–Crippen LogP) is 3.37. The van der Waals surface area contributed by atoms with Crippen molar-refractivity contribution >= 4 is 28.2 Å². The van der Waals surface area contributed by atoms with Crippen LogP contribution in [0.3, 0.4) is 0 Å². The molecule has 0 radical (unpaired) electrons. The van der Waals surface area contributed by atoms with Crippen molar-refractivity contribution < 1.29 is 13.9 Å². The number of pyridine rings is 2. The number of hydrogen-bond donors (Lipinski definition) is 0. The highest BCUT2D eigenvalue weighted by Gasteiger charge is 2.44. The van der Waals surface area contributed by atoms with Crippen LogP contribution in [0.15, 0.2) is 18.5 Å². The Balaban J connectivity index is 2.04. The van der Waals surface area contributed by atoms with E-state index in [2.05, 4.69) is 9.97 Å². The van der Waals surface area contributed by atoms with Crippen LogP contribution in [-0.2, 0) is 0 Å². The average Bonchev–Trinajstić information content (AvgIpc) is 3.13. The second-order valence-electron chi connectivity index (χ2n) is 5.03. The first-order valence-corrected chi connectivity index (χ1v) is 6.63. The molecule has 0 spiro atoms. The van der Waals surface area contributed by atoms with Crippen LogP contribution in [0.5, 0.6) is 5.88 Å². The fourth-order valence-corrected chi connectivity index (χ4v) is 2.12. The molecule has 2 aromatic rings. The van der Waals surface area contributed by atoms with Crippen LogP contribution in [0.25, 0.3) is 10.8 Å². The van der Waals surface area contributed by atoms with Crippen LogP contribution in [0, 0.1) is 0 Å². The van der Waals surface area contributed by atoms with Gasteiger partial charge in [-0.1, -0.05) is 11.6 Å². The molecule has 0 amide bonds. The van der Waals surface area contributed by atoms with Gasteiger partial charge in [0.05, 0.1) is 5.39 Å². The first kappa shape index (κ1) is 13.2. The maximum atomic E-state index is 13.6. The van der Waals surface area contributed by atoms with Crippen LogP contribution in [0.1, 0.15) is 30.1 Å². The molecule has 3 rings (SSSR count). The number of aromatic nitrogens is 2. The highest BCUT2D eigenvalue weighted by atomic mass is 35.5. The molecule has 2 aromatic heterocycles. The molecule has 1 fully saturated rings. The molecule has 2 heterocycles. The summed E-state index contributed by atoms with van der Waals surface area (Å²) in [5, 5.41) is 1.46. The molecular formula is C14H12ClFN2O2. The molecule has 0 aromatic carbocycles.